The van der Waals surface area contributed by atoms with Crippen molar-refractivity contribution in [2.24, 2.45) is 11.8 Å². The van der Waals surface area contributed by atoms with Gasteiger partial charge in [0.2, 0.25) is 11.8 Å². The molecular weight excluding hydrogens is 326 g/mol. The van der Waals surface area contributed by atoms with Gasteiger partial charge >= 0.3 is 0 Å². The zero-order valence-electron chi connectivity index (χ0n) is 15.3. The van der Waals surface area contributed by atoms with Crippen LogP contribution in [0.5, 0.6) is 0 Å². The summed E-state index contributed by atoms with van der Waals surface area (Å²) in [4.78, 5) is 24.4. The lowest BCUT2D eigenvalue weighted by molar-refractivity contribution is -0.125. The summed E-state index contributed by atoms with van der Waals surface area (Å²) in [6.07, 6.45) is 2.72. The van der Waals surface area contributed by atoms with Crippen molar-refractivity contribution in [2.75, 3.05) is 25.0 Å². The van der Waals surface area contributed by atoms with Crippen molar-refractivity contribution in [3.8, 4) is 0 Å². The molecule has 0 spiro atoms. The predicted molar refractivity (Wildman–Crippen MR) is 105 cm³/mol. The van der Waals surface area contributed by atoms with Crippen LogP contribution in [0.4, 0.5) is 5.69 Å². The summed E-state index contributed by atoms with van der Waals surface area (Å²) in [5.41, 5.74) is 0.769. The second-order valence-corrected chi connectivity index (χ2v) is 7.12. The number of amides is 2. The minimum Gasteiger partial charge on any atom is -0.347 e. The second-order valence-electron chi connectivity index (χ2n) is 7.12. The molecule has 138 valence electrons. The molecule has 0 aromatic heterocycles. The molecule has 0 aliphatic carbocycles. The fourth-order valence-electron chi connectivity index (χ4n) is 3.65. The van der Waals surface area contributed by atoms with E-state index in [2.05, 4.69) is 22.9 Å². The highest BCUT2D eigenvalue weighted by atomic mass is 16.2. The zero-order valence-corrected chi connectivity index (χ0v) is 15.3. The van der Waals surface area contributed by atoms with Crippen molar-refractivity contribution >= 4 is 28.3 Å². The molecule has 2 amide bonds. The first kappa shape index (κ1) is 18.4. The van der Waals surface area contributed by atoms with E-state index in [1.807, 2.05) is 42.5 Å². The lowest BCUT2D eigenvalue weighted by Gasteiger charge is -2.27. The lowest BCUT2D eigenvalue weighted by Crippen LogP contribution is -2.36. The average Bonchev–Trinajstić information content (AvgIpc) is 2.67. The van der Waals surface area contributed by atoms with Crippen LogP contribution in [0.2, 0.25) is 0 Å². The molecule has 1 aliphatic heterocycles. The first-order valence-corrected chi connectivity index (χ1v) is 9.38. The normalized spacial score (nSPS) is 16.2. The molecule has 2 aromatic rings. The van der Waals surface area contributed by atoms with Gasteiger partial charge in [-0.05, 0) is 49.2 Å². The van der Waals surface area contributed by atoms with E-state index < -0.39 is 0 Å². The number of hydrogen-bond donors (Lipinski definition) is 3. The molecule has 0 bridgehead atoms. The number of carbonyl (C=O) groups excluding carboxylic acids is 2. The Labute approximate surface area is 154 Å². The molecule has 1 atom stereocenters. The largest absolute Gasteiger partial charge is 0.347 e. The van der Waals surface area contributed by atoms with Crippen LogP contribution in [0.1, 0.15) is 26.2 Å². The SMILES string of the molecule is CC(CC(=O)NCC(=O)Nc1cccc2ccccc12)C1CCNCC1. The van der Waals surface area contributed by atoms with Gasteiger partial charge in [-0.1, -0.05) is 43.3 Å². The Morgan fingerprint density at radius 1 is 1.08 bits per heavy atom. The Morgan fingerprint density at radius 3 is 2.62 bits per heavy atom. The van der Waals surface area contributed by atoms with Gasteiger partial charge in [-0.15, -0.1) is 0 Å². The Balaban J connectivity index is 1.48. The number of rotatable bonds is 6. The van der Waals surface area contributed by atoms with Gasteiger partial charge in [-0.25, -0.2) is 0 Å². The highest BCUT2D eigenvalue weighted by molar-refractivity contribution is 6.03. The summed E-state index contributed by atoms with van der Waals surface area (Å²) < 4.78 is 0. The van der Waals surface area contributed by atoms with Gasteiger partial charge < -0.3 is 16.0 Å². The lowest BCUT2D eigenvalue weighted by atomic mass is 9.84. The fraction of sp³-hybridized carbons (Fsp3) is 0.429. The molecule has 1 unspecified atom stereocenters. The van der Waals surface area contributed by atoms with Crippen LogP contribution in [-0.2, 0) is 9.59 Å². The van der Waals surface area contributed by atoms with E-state index >= 15 is 0 Å². The molecule has 0 radical (unpaired) electrons. The number of anilines is 1. The molecule has 1 fully saturated rings. The number of carbonyl (C=O) groups is 2. The van der Waals surface area contributed by atoms with E-state index in [0.717, 1.165) is 42.4 Å². The molecule has 26 heavy (non-hydrogen) atoms. The number of hydrogen-bond acceptors (Lipinski definition) is 3. The van der Waals surface area contributed by atoms with Crippen molar-refractivity contribution in [2.45, 2.75) is 26.2 Å². The van der Waals surface area contributed by atoms with E-state index in [9.17, 15) is 9.59 Å². The van der Waals surface area contributed by atoms with Crippen LogP contribution in [0.25, 0.3) is 10.8 Å². The second kappa shape index (κ2) is 8.81. The third-order valence-corrected chi connectivity index (χ3v) is 5.21. The van der Waals surface area contributed by atoms with Crippen molar-refractivity contribution in [1.82, 2.24) is 10.6 Å². The summed E-state index contributed by atoms with van der Waals surface area (Å²) in [5.74, 6) is 0.679. The third kappa shape index (κ3) is 4.82. The molecule has 1 saturated heterocycles. The molecule has 2 aromatic carbocycles. The van der Waals surface area contributed by atoms with E-state index in [1.165, 1.54) is 0 Å². The minimum atomic E-state index is -0.204. The Kier molecular flexibility index (Phi) is 6.23. The van der Waals surface area contributed by atoms with E-state index in [1.54, 1.807) is 0 Å². The monoisotopic (exact) mass is 353 g/mol. The number of piperidine rings is 1. The number of fused-ring (bicyclic) bond motifs is 1. The summed E-state index contributed by atoms with van der Waals surface area (Å²) in [7, 11) is 0. The van der Waals surface area contributed by atoms with Gasteiger partial charge in [0, 0.05) is 17.5 Å². The van der Waals surface area contributed by atoms with Crippen LogP contribution in [0.3, 0.4) is 0 Å². The van der Waals surface area contributed by atoms with Crippen molar-refractivity contribution in [1.29, 1.82) is 0 Å². The van der Waals surface area contributed by atoms with Crippen LogP contribution >= 0.6 is 0 Å². The van der Waals surface area contributed by atoms with Gasteiger partial charge in [0.05, 0.1) is 6.54 Å². The van der Waals surface area contributed by atoms with Gasteiger partial charge in [0.1, 0.15) is 0 Å². The van der Waals surface area contributed by atoms with E-state index in [4.69, 9.17) is 0 Å². The van der Waals surface area contributed by atoms with Gasteiger partial charge in [0.15, 0.2) is 0 Å². The zero-order chi connectivity index (χ0) is 18.4. The van der Waals surface area contributed by atoms with Gasteiger partial charge in [0.25, 0.3) is 0 Å². The highest BCUT2D eigenvalue weighted by Gasteiger charge is 2.22. The minimum absolute atomic E-state index is 0.000989. The first-order chi connectivity index (χ1) is 12.6. The maximum absolute atomic E-state index is 12.2. The fourth-order valence-corrected chi connectivity index (χ4v) is 3.65. The first-order valence-electron chi connectivity index (χ1n) is 9.38. The maximum Gasteiger partial charge on any atom is 0.243 e. The standard InChI is InChI=1S/C21H27N3O2/c1-15(16-9-11-22-12-10-16)13-20(25)23-14-21(26)24-19-8-4-6-17-5-2-3-7-18(17)19/h2-8,15-16,22H,9-14H2,1H3,(H,23,25)(H,24,26). The van der Waals surface area contributed by atoms with Gasteiger partial charge in [-0.3, -0.25) is 9.59 Å². The van der Waals surface area contributed by atoms with Crippen molar-refractivity contribution in [3.05, 3.63) is 42.5 Å². The maximum atomic E-state index is 12.2. The van der Waals surface area contributed by atoms with Crippen LogP contribution < -0.4 is 16.0 Å². The van der Waals surface area contributed by atoms with E-state index in [-0.39, 0.29) is 18.4 Å². The Bertz CT molecular complexity index is 763. The molecule has 3 N–H and O–H groups in total. The van der Waals surface area contributed by atoms with Crippen molar-refractivity contribution < 1.29 is 9.59 Å². The topological polar surface area (TPSA) is 70.2 Å². The molecule has 1 heterocycles. The Hall–Kier alpha value is -2.40. The summed E-state index contributed by atoms with van der Waals surface area (Å²) in [6, 6.07) is 13.7. The molecular formula is C21H27N3O2. The molecule has 0 saturated carbocycles. The molecule has 3 rings (SSSR count). The predicted octanol–water partition coefficient (Wildman–Crippen LogP) is 2.92. The quantitative estimate of drug-likeness (QED) is 0.748. The average molecular weight is 353 g/mol. The summed E-state index contributed by atoms with van der Waals surface area (Å²) in [5, 5.41) is 11.1. The third-order valence-electron chi connectivity index (χ3n) is 5.21. The van der Waals surface area contributed by atoms with Crippen LogP contribution in [-0.4, -0.2) is 31.4 Å². The van der Waals surface area contributed by atoms with Crippen LogP contribution in [0.15, 0.2) is 42.5 Å². The smallest absolute Gasteiger partial charge is 0.243 e. The van der Waals surface area contributed by atoms with E-state index in [0.29, 0.717) is 18.3 Å². The molecule has 1 aliphatic rings. The Morgan fingerprint density at radius 2 is 1.81 bits per heavy atom. The van der Waals surface area contributed by atoms with Gasteiger partial charge in [-0.2, -0.15) is 0 Å². The molecule has 5 heteroatoms. The summed E-state index contributed by atoms with van der Waals surface area (Å²) in [6.45, 7) is 4.20. The van der Waals surface area contributed by atoms with Crippen molar-refractivity contribution in [3.63, 3.8) is 0 Å². The number of nitrogens with one attached hydrogen (secondary N) is 3. The summed E-state index contributed by atoms with van der Waals surface area (Å²) >= 11 is 0. The van der Waals surface area contributed by atoms with Crippen LogP contribution in [0, 0.1) is 11.8 Å². The number of benzene rings is 2. The highest BCUT2D eigenvalue weighted by Crippen LogP contribution is 2.24. The molecule has 5 nitrogen and oxygen atoms in total.